The molecule has 1 atom stereocenters. The van der Waals surface area contributed by atoms with Crippen LogP contribution in [0.5, 0.6) is 0 Å². The van der Waals surface area contributed by atoms with Crippen LogP contribution in [0.15, 0.2) is 16.8 Å². The van der Waals surface area contributed by atoms with Crippen molar-refractivity contribution in [2.24, 2.45) is 16.5 Å². The van der Waals surface area contributed by atoms with Gasteiger partial charge < -0.3 is 0 Å². The highest BCUT2D eigenvalue weighted by molar-refractivity contribution is 4.94. The molecule has 2 nitrogen and oxygen atoms in total. The number of nitroso groups, excluding NO2 is 1. The summed E-state index contributed by atoms with van der Waals surface area (Å²) in [6.07, 6.45) is 4.47. The van der Waals surface area contributed by atoms with E-state index in [0.717, 1.165) is 12.8 Å². The SMILES string of the molecule is CC(C)=CCCC(C)(C)C(C)CN=O. The molecule has 0 aliphatic rings. The molecular formula is C12H23NO. The molecule has 0 saturated heterocycles. The van der Waals surface area contributed by atoms with Gasteiger partial charge in [-0.25, -0.2) is 0 Å². The van der Waals surface area contributed by atoms with Crippen LogP contribution in [0.3, 0.4) is 0 Å². The first-order valence-corrected chi connectivity index (χ1v) is 5.32. The highest BCUT2D eigenvalue weighted by Crippen LogP contribution is 2.32. The molecule has 0 heterocycles. The van der Waals surface area contributed by atoms with Crippen LogP contribution in [0.4, 0.5) is 0 Å². The summed E-state index contributed by atoms with van der Waals surface area (Å²) in [5.74, 6) is 0.366. The van der Waals surface area contributed by atoms with Crippen LogP contribution in [-0.2, 0) is 0 Å². The highest BCUT2D eigenvalue weighted by atomic mass is 16.3. The lowest BCUT2D eigenvalue weighted by molar-refractivity contribution is 0.220. The average Bonchev–Trinajstić information content (AvgIpc) is 2.03. The van der Waals surface area contributed by atoms with E-state index in [9.17, 15) is 4.91 Å². The van der Waals surface area contributed by atoms with Crippen molar-refractivity contribution in [3.8, 4) is 0 Å². The Labute approximate surface area is 87.8 Å². The zero-order valence-electron chi connectivity index (χ0n) is 10.1. The normalized spacial score (nSPS) is 13.5. The maximum absolute atomic E-state index is 10.2. The first-order valence-electron chi connectivity index (χ1n) is 5.32. The van der Waals surface area contributed by atoms with E-state index >= 15 is 0 Å². The van der Waals surface area contributed by atoms with E-state index in [1.54, 1.807) is 0 Å². The van der Waals surface area contributed by atoms with Gasteiger partial charge in [0.1, 0.15) is 0 Å². The van der Waals surface area contributed by atoms with Gasteiger partial charge in [-0.05, 0) is 38.0 Å². The Morgan fingerprint density at radius 3 is 2.43 bits per heavy atom. The molecule has 14 heavy (non-hydrogen) atoms. The second kappa shape index (κ2) is 5.94. The predicted octanol–water partition coefficient (Wildman–Crippen LogP) is 4.16. The molecule has 0 bridgehead atoms. The Morgan fingerprint density at radius 1 is 1.43 bits per heavy atom. The third-order valence-electron chi connectivity index (χ3n) is 3.02. The summed E-state index contributed by atoms with van der Waals surface area (Å²) in [6.45, 7) is 11.2. The molecule has 82 valence electrons. The quantitative estimate of drug-likeness (QED) is 0.464. The van der Waals surface area contributed by atoms with Crippen LogP contribution in [-0.4, -0.2) is 6.54 Å². The van der Waals surface area contributed by atoms with Crippen molar-refractivity contribution >= 4 is 0 Å². The lowest BCUT2D eigenvalue weighted by Gasteiger charge is -2.29. The van der Waals surface area contributed by atoms with E-state index in [1.807, 2.05) is 0 Å². The average molecular weight is 197 g/mol. The molecule has 0 fully saturated rings. The molecule has 0 aromatic heterocycles. The largest absolute Gasteiger partial charge is 0.151 e. The number of hydrogen-bond donors (Lipinski definition) is 0. The maximum atomic E-state index is 10.2. The van der Waals surface area contributed by atoms with Gasteiger partial charge in [0, 0.05) is 0 Å². The fourth-order valence-corrected chi connectivity index (χ4v) is 1.34. The molecule has 0 spiro atoms. The fraction of sp³-hybridized carbons (Fsp3) is 0.833. The third-order valence-corrected chi connectivity index (χ3v) is 3.02. The monoisotopic (exact) mass is 197 g/mol. The van der Waals surface area contributed by atoms with Crippen LogP contribution >= 0.6 is 0 Å². The van der Waals surface area contributed by atoms with Gasteiger partial charge >= 0.3 is 0 Å². The molecule has 0 aliphatic heterocycles. The molecule has 0 amide bonds. The van der Waals surface area contributed by atoms with Crippen molar-refractivity contribution < 1.29 is 0 Å². The Bertz CT molecular complexity index is 202. The van der Waals surface area contributed by atoms with Crippen LogP contribution in [0, 0.1) is 16.2 Å². The van der Waals surface area contributed by atoms with Crippen molar-refractivity contribution in [2.45, 2.75) is 47.5 Å². The van der Waals surface area contributed by atoms with E-state index in [-0.39, 0.29) is 5.41 Å². The second-order valence-electron chi connectivity index (χ2n) is 5.02. The smallest absolute Gasteiger partial charge is 0.0841 e. The molecule has 0 rings (SSSR count). The predicted molar refractivity (Wildman–Crippen MR) is 62.3 cm³/mol. The minimum atomic E-state index is 0.208. The minimum absolute atomic E-state index is 0.208. The Morgan fingerprint density at radius 2 is 2.00 bits per heavy atom. The fourth-order valence-electron chi connectivity index (χ4n) is 1.34. The molecule has 0 aliphatic carbocycles. The number of allylic oxidation sites excluding steroid dienone is 2. The first-order chi connectivity index (χ1) is 6.40. The van der Waals surface area contributed by atoms with E-state index in [2.05, 4.69) is 45.9 Å². The Balaban J connectivity index is 4.05. The van der Waals surface area contributed by atoms with Gasteiger partial charge in [-0.1, -0.05) is 37.6 Å². The van der Waals surface area contributed by atoms with Crippen molar-refractivity contribution in [1.29, 1.82) is 0 Å². The zero-order valence-corrected chi connectivity index (χ0v) is 10.1. The lowest BCUT2D eigenvalue weighted by atomic mass is 9.76. The van der Waals surface area contributed by atoms with Gasteiger partial charge in [0.05, 0.1) is 6.54 Å². The number of nitrogens with zero attached hydrogens (tertiary/aromatic N) is 1. The van der Waals surface area contributed by atoms with Crippen LogP contribution in [0.25, 0.3) is 0 Å². The molecule has 0 N–H and O–H groups in total. The third kappa shape index (κ3) is 5.15. The van der Waals surface area contributed by atoms with Crippen LogP contribution in [0.1, 0.15) is 47.5 Å². The van der Waals surface area contributed by atoms with Gasteiger partial charge in [-0.3, -0.25) is 0 Å². The molecule has 0 aromatic rings. The minimum Gasteiger partial charge on any atom is -0.151 e. The van der Waals surface area contributed by atoms with E-state index in [4.69, 9.17) is 0 Å². The van der Waals surface area contributed by atoms with Gasteiger partial charge in [0.25, 0.3) is 0 Å². The van der Waals surface area contributed by atoms with Gasteiger partial charge in [-0.15, -0.1) is 0 Å². The van der Waals surface area contributed by atoms with Crippen LogP contribution in [0.2, 0.25) is 0 Å². The highest BCUT2D eigenvalue weighted by Gasteiger charge is 2.24. The van der Waals surface area contributed by atoms with Crippen molar-refractivity contribution in [3.05, 3.63) is 16.6 Å². The maximum Gasteiger partial charge on any atom is 0.0841 e. The van der Waals surface area contributed by atoms with Crippen LogP contribution < -0.4 is 0 Å². The lowest BCUT2D eigenvalue weighted by Crippen LogP contribution is -2.23. The summed E-state index contributed by atoms with van der Waals surface area (Å²) in [7, 11) is 0. The summed E-state index contributed by atoms with van der Waals surface area (Å²) in [6, 6.07) is 0. The van der Waals surface area contributed by atoms with Crippen molar-refractivity contribution in [2.75, 3.05) is 6.54 Å². The topological polar surface area (TPSA) is 29.4 Å². The summed E-state index contributed by atoms with van der Waals surface area (Å²) in [4.78, 5) is 10.2. The molecule has 0 radical (unpaired) electrons. The van der Waals surface area contributed by atoms with Crippen molar-refractivity contribution in [3.63, 3.8) is 0 Å². The van der Waals surface area contributed by atoms with Gasteiger partial charge in [-0.2, -0.15) is 4.91 Å². The standard InChI is InChI=1S/C12H23NO/c1-10(2)7-6-8-12(4,5)11(3)9-13-14/h7,11H,6,8-9H2,1-5H3. The zero-order chi connectivity index (χ0) is 11.2. The summed E-state index contributed by atoms with van der Waals surface area (Å²) < 4.78 is 0. The second-order valence-corrected chi connectivity index (χ2v) is 5.02. The van der Waals surface area contributed by atoms with Crippen molar-refractivity contribution in [1.82, 2.24) is 0 Å². The number of rotatable bonds is 6. The summed E-state index contributed by atoms with van der Waals surface area (Å²) in [5.41, 5.74) is 1.57. The van der Waals surface area contributed by atoms with Gasteiger partial charge in [0.2, 0.25) is 0 Å². The Kier molecular flexibility index (Phi) is 5.66. The summed E-state index contributed by atoms with van der Waals surface area (Å²) in [5, 5.41) is 2.98. The Hall–Kier alpha value is -0.660. The van der Waals surface area contributed by atoms with Gasteiger partial charge in [0.15, 0.2) is 0 Å². The van der Waals surface area contributed by atoms with E-state index in [0.29, 0.717) is 12.5 Å². The molecule has 0 saturated carbocycles. The van der Waals surface area contributed by atoms with E-state index < -0.39 is 0 Å². The number of hydrogen-bond acceptors (Lipinski definition) is 2. The molecule has 2 heteroatoms. The molecule has 1 unspecified atom stereocenters. The molecule has 0 aromatic carbocycles. The summed E-state index contributed by atoms with van der Waals surface area (Å²) >= 11 is 0. The first kappa shape index (κ1) is 13.3. The van der Waals surface area contributed by atoms with E-state index in [1.165, 1.54) is 5.57 Å². The molecular weight excluding hydrogens is 174 g/mol.